The van der Waals surface area contributed by atoms with Crippen molar-refractivity contribution >= 4 is 10.0 Å². The highest BCUT2D eigenvalue weighted by Gasteiger charge is 2.19. The standard InChI is InChI=1S/C15H17NO3S/c1-2-19-11-13-9-6-10-14(15(13)20(16,17)18)12-7-4-3-5-8-12/h3-10H,2,11H2,1H3,(H2,16,17,18). The molecule has 0 aliphatic carbocycles. The zero-order valence-electron chi connectivity index (χ0n) is 11.2. The molecule has 0 aliphatic rings. The highest BCUT2D eigenvalue weighted by Crippen LogP contribution is 2.29. The maximum absolute atomic E-state index is 11.9. The summed E-state index contributed by atoms with van der Waals surface area (Å²) in [5.74, 6) is 0. The van der Waals surface area contributed by atoms with Crippen LogP contribution in [0.15, 0.2) is 53.4 Å². The summed E-state index contributed by atoms with van der Waals surface area (Å²) in [6.07, 6.45) is 0. The summed E-state index contributed by atoms with van der Waals surface area (Å²) in [7, 11) is -3.82. The lowest BCUT2D eigenvalue weighted by Gasteiger charge is -2.13. The van der Waals surface area contributed by atoms with E-state index in [1.54, 1.807) is 12.1 Å². The average molecular weight is 291 g/mol. The molecule has 0 aliphatic heterocycles. The molecule has 0 saturated carbocycles. The molecule has 2 N–H and O–H groups in total. The second-order valence-corrected chi connectivity index (χ2v) is 5.84. The molecule has 0 fully saturated rings. The van der Waals surface area contributed by atoms with E-state index in [0.717, 1.165) is 5.56 Å². The summed E-state index contributed by atoms with van der Waals surface area (Å²) in [6.45, 7) is 2.60. The molecule has 0 atom stereocenters. The van der Waals surface area contributed by atoms with Crippen molar-refractivity contribution in [2.75, 3.05) is 6.61 Å². The number of benzene rings is 2. The lowest BCUT2D eigenvalue weighted by atomic mass is 10.0. The van der Waals surface area contributed by atoms with Crippen molar-refractivity contribution in [2.45, 2.75) is 18.4 Å². The Morgan fingerprint density at radius 3 is 2.35 bits per heavy atom. The largest absolute Gasteiger partial charge is 0.377 e. The van der Waals surface area contributed by atoms with Crippen LogP contribution in [0.25, 0.3) is 11.1 Å². The van der Waals surface area contributed by atoms with Gasteiger partial charge in [0.1, 0.15) is 0 Å². The Morgan fingerprint density at radius 2 is 1.75 bits per heavy atom. The van der Waals surface area contributed by atoms with Crippen molar-refractivity contribution in [1.29, 1.82) is 0 Å². The van der Waals surface area contributed by atoms with Gasteiger partial charge in [0.25, 0.3) is 0 Å². The van der Waals surface area contributed by atoms with Crippen molar-refractivity contribution in [3.63, 3.8) is 0 Å². The van der Waals surface area contributed by atoms with E-state index in [2.05, 4.69) is 0 Å². The van der Waals surface area contributed by atoms with Crippen LogP contribution in [-0.2, 0) is 21.4 Å². The van der Waals surface area contributed by atoms with Crippen molar-refractivity contribution in [1.82, 2.24) is 0 Å². The Labute approximate surface area is 119 Å². The Kier molecular flexibility index (Phi) is 4.54. The van der Waals surface area contributed by atoms with E-state index in [1.807, 2.05) is 43.3 Å². The summed E-state index contributed by atoms with van der Waals surface area (Å²) in [4.78, 5) is 0.139. The van der Waals surface area contributed by atoms with Crippen molar-refractivity contribution < 1.29 is 13.2 Å². The molecule has 2 aromatic carbocycles. The van der Waals surface area contributed by atoms with Crippen LogP contribution in [0.5, 0.6) is 0 Å². The molecule has 2 rings (SSSR count). The van der Waals surface area contributed by atoms with Gasteiger partial charge in [-0.15, -0.1) is 0 Å². The highest BCUT2D eigenvalue weighted by atomic mass is 32.2. The van der Waals surface area contributed by atoms with Crippen molar-refractivity contribution in [2.24, 2.45) is 5.14 Å². The number of ether oxygens (including phenoxy) is 1. The molecule has 106 valence electrons. The molecule has 0 radical (unpaired) electrons. The van der Waals surface area contributed by atoms with Crippen LogP contribution < -0.4 is 5.14 Å². The minimum absolute atomic E-state index is 0.139. The minimum Gasteiger partial charge on any atom is -0.377 e. The van der Waals surface area contributed by atoms with Crippen molar-refractivity contribution in [3.8, 4) is 11.1 Å². The normalized spacial score (nSPS) is 11.5. The fourth-order valence-electron chi connectivity index (χ4n) is 2.09. The predicted octanol–water partition coefficient (Wildman–Crippen LogP) is 2.54. The van der Waals surface area contributed by atoms with Gasteiger partial charge in [-0.05, 0) is 18.1 Å². The van der Waals surface area contributed by atoms with E-state index < -0.39 is 10.0 Å². The van der Waals surface area contributed by atoms with E-state index in [9.17, 15) is 8.42 Å². The third-order valence-corrected chi connectivity index (χ3v) is 3.98. The van der Waals surface area contributed by atoms with Gasteiger partial charge in [-0.3, -0.25) is 0 Å². The van der Waals surface area contributed by atoms with Gasteiger partial charge in [0.05, 0.1) is 11.5 Å². The third kappa shape index (κ3) is 3.25. The molecule has 4 nitrogen and oxygen atoms in total. The second kappa shape index (κ2) is 6.17. The first-order valence-electron chi connectivity index (χ1n) is 6.32. The predicted molar refractivity (Wildman–Crippen MR) is 78.6 cm³/mol. The van der Waals surface area contributed by atoms with Gasteiger partial charge >= 0.3 is 0 Å². The molecule has 5 heteroatoms. The van der Waals surface area contributed by atoms with Gasteiger partial charge in [-0.25, -0.2) is 13.6 Å². The highest BCUT2D eigenvalue weighted by molar-refractivity contribution is 7.89. The van der Waals surface area contributed by atoms with Crippen LogP contribution >= 0.6 is 0 Å². The molecule has 0 amide bonds. The van der Waals surface area contributed by atoms with Crippen LogP contribution in [0.1, 0.15) is 12.5 Å². The van der Waals surface area contributed by atoms with Crippen LogP contribution in [-0.4, -0.2) is 15.0 Å². The first-order chi connectivity index (χ1) is 9.54. The SMILES string of the molecule is CCOCc1cccc(-c2ccccc2)c1S(N)(=O)=O. The number of primary sulfonamides is 1. The number of nitrogens with two attached hydrogens (primary N) is 1. The molecule has 0 bridgehead atoms. The number of hydrogen-bond acceptors (Lipinski definition) is 3. The Hall–Kier alpha value is -1.69. The molecular weight excluding hydrogens is 274 g/mol. The van der Waals surface area contributed by atoms with E-state index in [-0.39, 0.29) is 11.5 Å². The van der Waals surface area contributed by atoms with Crippen LogP contribution in [0, 0.1) is 0 Å². The lowest BCUT2D eigenvalue weighted by molar-refractivity contribution is 0.132. The fraction of sp³-hybridized carbons (Fsp3) is 0.200. The summed E-state index contributed by atoms with van der Waals surface area (Å²) >= 11 is 0. The average Bonchev–Trinajstić information content (AvgIpc) is 2.44. The third-order valence-electron chi connectivity index (χ3n) is 2.93. The Balaban J connectivity index is 2.63. The van der Waals surface area contributed by atoms with Gasteiger partial charge in [0.15, 0.2) is 0 Å². The van der Waals surface area contributed by atoms with E-state index >= 15 is 0 Å². The second-order valence-electron chi connectivity index (χ2n) is 4.34. The molecule has 0 heterocycles. The zero-order valence-corrected chi connectivity index (χ0v) is 12.1. The summed E-state index contributed by atoms with van der Waals surface area (Å²) < 4.78 is 29.2. The van der Waals surface area contributed by atoms with Gasteiger partial charge in [-0.1, -0.05) is 48.5 Å². The fourth-order valence-corrected chi connectivity index (χ4v) is 3.08. The van der Waals surface area contributed by atoms with E-state index in [4.69, 9.17) is 9.88 Å². The lowest BCUT2D eigenvalue weighted by Crippen LogP contribution is -2.16. The molecule has 0 saturated heterocycles. The smallest absolute Gasteiger partial charge is 0.239 e. The van der Waals surface area contributed by atoms with Gasteiger partial charge < -0.3 is 4.74 Å². The van der Waals surface area contributed by atoms with E-state index in [0.29, 0.717) is 17.7 Å². The van der Waals surface area contributed by atoms with Crippen LogP contribution in [0.2, 0.25) is 0 Å². The van der Waals surface area contributed by atoms with Crippen LogP contribution in [0.3, 0.4) is 0 Å². The zero-order chi connectivity index (χ0) is 14.6. The van der Waals surface area contributed by atoms with Crippen LogP contribution in [0.4, 0.5) is 0 Å². The number of rotatable bonds is 5. The first kappa shape index (κ1) is 14.7. The summed E-state index contributed by atoms with van der Waals surface area (Å²) in [5.41, 5.74) is 2.00. The number of sulfonamides is 1. The molecule has 0 spiro atoms. The molecule has 2 aromatic rings. The molecule has 20 heavy (non-hydrogen) atoms. The topological polar surface area (TPSA) is 69.4 Å². The van der Waals surface area contributed by atoms with Gasteiger partial charge in [-0.2, -0.15) is 0 Å². The van der Waals surface area contributed by atoms with E-state index in [1.165, 1.54) is 0 Å². The minimum atomic E-state index is -3.82. The first-order valence-corrected chi connectivity index (χ1v) is 7.86. The molecular formula is C15H17NO3S. The van der Waals surface area contributed by atoms with Crippen molar-refractivity contribution in [3.05, 3.63) is 54.1 Å². The maximum atomic E-state index is 11.9. The summed E-state index contributed by atoms with van der Waals surface area (Å²) in [5, 5.41) is 5.38. The maximum Gasteiger partial charge on any atom is 0.239 e. The Morgan fingerprint density at radius 1 is 1.05 bits per heavy atom. The number of hydrogen-bond donors (Lipinski definition) is 1. The summed E-state index contributed by atoms with van der Waals surface area (Å²) in [6, 6.07) is 14.6. The van der Waals surface area contributed by atoms with Gasteiger partial charge in [0.2, 0.25) is 10.0 Å². The Bertz CT molecular complexity index is 682. The van der Waals surface area contributed by atoms with Gasteiger partial charge in [0, 0.05) is 12.2 Å². The molecule has 0 aromatic heterocycles. The molecule has 0 unspecified atom stereocenters. The quantitative estimate of drug-likeness (QED) is 0.920. The monoisotopic (exact) mass is 291 g/mol.